The predicted octanol–water partition coefficient (Wildman–Crippen LogP) is 3.47. The molecule has 1 aromatic carbocycles. The molecule has 4 heteroatoms. The number of aliphatic carboxylic acids is 1. The summed E-state index contributed by atoms with van der Waals surface area (Å²) in [4.78, 5) is 17.4. The first kappa shape index (κ1) is 16.0. The number of hydrogen-bond donors (Lipinski definition) is 1. The quantitative estimate of drug-likeness (QED) is 0.923. The Hall–Kier alpha value is -1.39. The number of hydroxylamine groups is 2. The van der Waals surface area contributed by atoms with E-state index in [1.165, 1.54) is 0 Å². The van der Waals surface area contributed by atoms with Crippen LogP contribution in [-0.2, 0) is 16.2 Å². The minimum atomic E-state index is -0.709. The van der Waals surface area contributed by atoms with Gasteiger partial charge in [0.1, 0.15) is 0 Å². The van der Waals surface area contributed by atoms with Crippen molar-refractivity contribution in [1.82, 2.24) is 5.06 Å². The van der Waals surface area contributed by atoms with E-state index in [0.29, 0.717) is 19.4 Å². The van der Waals surface area contributed by atoms with E-state index in [0.717, 1.165) is 5.56 Å². The van der Waals surface area contributed by atoms with Gasteiger partial charge in [-0.05, 0) is 46.1 Å². The van der Waals surface area contributed by atoms with Crippen LogP contribution in [0, 0.1) is 5.92 Å². The van der Waals surface area contributed by atoms with Crippen molar-refractivity contribution in [3.05, 3.63) is 35.9 Å². The Bertz CT molecular complexity index is 478. The van der Waals surface area contributed by atoms with Gasteiger partial charge in [0, 0.05) is 11.1 Å². The lowest BCUT2D eigenvalue weighted by Gasteiger charge is -2.53. The number of benzene rings is 1. The molecule has 1 saturated heterocycles. The fourth-order valence-electron chi connectivity index (χ4n) is 3.50. The Labute approximate surface area is 126 Å². The van der Waals surface area contributed by atoms with Crippen LogP contribution < -0.4 is 0 Å². The molecule has 21 heavy (non-hydrogen) atoms. The highest BCUT2D eigenvalue weighted by Crippen LogP contribution is 2.41. The fourth-order valence-corrected chi connectivity index (χ4v) is 3.50. The zero-order valence-corrected chi connectivity index (χ0v) is 13.3. The maximum atomic E-state index is 11.4. The highest BCUT2D eigenvalue weighted by molar-refractivity contribution is 5.70. The smallest absolute Gasteiger partial charge is 0.306 e. The highest BCUT2D eigenvalue weighted by atomic mass is 16.7. The largest absolute Gasteiger partial charge is 0.481 e. The summed E-state index contributed by atoms with van der Waals surface area (Å²) in [5.41, 5.74) is 0.503. The average molecular weight is 291 g/mol. The molecule has 0 unspecified atom stereocenters. The molecular weight excluding hydrogens is 266 g/mol. The summed E-state index contributed by atoms with van der Waals surface area (Å²) >= 11 is 0. The number of hydrogen-bond acceptors (Lipinski definition) is 3. The summed E-state index contributed by atoms with van der Waals surface area (Å²) in [7, 11) is 0. The van der Waals surface area contributed by atoms with Crippen molar-refractivity contribution in [2.45, 2.75) is 58.2 Å². The van der Waals surface area contributed by atoms with Crippen LogP contribution in [0.25, 0.3) is 0 Å². The standard InChI is InChI=1S/C17H25NO3/c1-16(2)10-14(15(19)20)11-17(3,4)18(16)21-12-13-8-6-5-7-9-13/h5-9,14H,10-12H2,1-4H3,(H,19,20). The minimum absolute atomic E-state index is 0.306. The van der Waals surface area contributed by atoms with Crippen molar-refractivity contribution >= 4 is 5.97 Å². The van der Waals surface area contributed by atoms with Gasteiger partial charge < -0.3 is 5.11 Å². The van der Waals surface area contributed by atoms with Crippen LogP contribution >= 0.6 is 0 Å². The Morgan fingerprint density at radius 3 is 2.19 bits per heavy atom. The van der Waals surface area contributed by atoms with Gasteiger partial charge in [-0.3, -0.25) is 9.63 Å². The van der Waals surface area contributed by atoms with E-state index in [2.05, 4.69) is 27.7 Å². The van der Waals surface area contributed by atoms with Gasteiger partial charge in [-0.1, -0.05) is 30.3 Å². The maximum absolute atomic E-state index is 11.4. The van der Waals surface area contributed by atoms with E-state index >= 15 is 0 Å². The molecule has 2 rings (SSSR count). The molecule has 0 spiro atoms. The van der Waals surface area contributed by atoms with Crippen LogP contribution in [0.2, 0.25) is 0 Å². The van der Waals surface area contributed by atoms with Crippen molar-refractivity contribution in [3.8, 4) is 0 Å². The molecule has 0 aliphatic carbocycles. The third-order valence-electron chi connectivity index (χ3n) is 4.14. The van der Waals surface area contributed by atoms with Crippen molar-refractivity contribution in [2.75, 3.05) is 0 Å². The van der Waals surface area contributed by atoms with Crippen molar-refractivity contribution in [3.63, 3.8) is 0 Å². The van der Waals surface area contributed by atoms with Gasteiger partial charge in [0.25, 0.3) is 0 Å². The number of rotatable bonds is 4. The number of piperidine rings is 1. The molecule has 1 fully saturated rings. The second kappa shape index (κ2) is 5.78. The van der Waals surface area contributed by atoms with Gasteiger partial charge >= 0.3 is 5.97 Å². The summed E-state index contributed by atoms with van der Waals surface area (Å²) in [5, 5.41) is 11.3. The zero-order valence-electron chi connectivity index (χ0n) is 13.3. The van der Waals surface area contributed by atoms with Crippen LogP contribution in [-0.4, -0.2) is 27.2 Å². The molecule has 0 saturated carbocycles. The fraction of sp³-hybridized carbons (Fsp3) is 0.588. The Kier molecular flexibility index (Phi) is 4.40. The van der Waals surface area contributed by atoms with Crippen LogP contribution in [0.3, 0.4) is 0 Å². The molecule has 0 amide bonds. The van der Waals surface area contributed by atoms with Gasteiger partial charge in [0.15, 0.2) is 0 Å². The third kappa shape index (κ3) is 3.63. The number of carboxylic acids is 1. The first-order valence-electron chi connectivity index (χ1n) is 7.42. The van der Waals surface area contributed by atoms with E-state index in [1.807, 2.05) is 35.4 Å². The Balaban J connectivity index is 2.12. The van der Waals surface area contributed by atoms with E-state index in [4.69, 9.17) is 4.84 Å². The molecule has 4 nitrogen and oxygen atoms in total. The highest BCUT2D eigenvalue weighted by Gasteiger charge is 2.48. The SMILES string of the molecule is CC1(C)CC(C(=O)O)CC(C)(C)N1OCc1ccccc1. The summed E-state index contributed by atoms with van der Waals surface area (Å²) < 4.78 is 0. The first-order valence-corrected chi connectivity index (χ1v) is 7.42. The second-order valence-electron chi connectivity index (χ2n) is 7.12. The summed E-state index contributed by atoms with van der Waals surface area (Å²) in [5.74, 6) is -1.02. The van der Waals surface area contributed by atoms with E-state index in [-0.39, 0.29) is 17.0 Å². The predicted molar refractivity (Wildman–Crippen MR) is 81.6 cm³/mol. The van der Waals surface area contributed by atoms with Gasteiger partial charge in [0.05, 0.1) is 12.5 Å². The molecule has 0 bridgehead atoms. The van der Waals surface area contributed by atoms with E-state index < -0.39 is 5.97 Å². The molecule has 1 heterocycles. The van der Waals surface area contributed by atoms with Crippen LogP contribution in [0.15, 0.2) is 30.3 Å². The minimum Gasteiger partial charge on any atom is -0.481 e. The molecule has 1 aromatic rings. The Morgan fingerprint density at radius 2 is 1.71 bits per heavy atom. The van der Waals surface area contributed by atoms with Gasteiger partial charge in [0.2, 0.25) is 0 Å². The molecule has 0 aromatic heterocycles. The summed E-state index contributed by atoms with van der Waals surface area (Å²) in [6.45, 7) is 8.71. The molecule has 1 aliphatic rings. The van der Waals surface area contributed by atoms with Gasteiger partial charge in [-0.2, -0.15) is 5.06 Å². The number of carbonyl (C=O) groups is 1. The van der Waals surface area contributed by atoms with Crippen LogP contribution in [0.5, 0.6) is 0 Å². The molecule has 0 radical (unpaired) electrons. The molecule has 1 aliphatic heterocycles. The number of nitrogens with zero attached hydrogens (tertiary/aromatic N) is 1. The molecular formula is C17H25NO3. The first-order chi connectivity index (χ1) is 9.72. The number of carboxylic acid groups (broad SMARTS) is 1. The topological polar surface area (TPSA) is 49.8 Å². The third-order valence-corrected chi connectivity index (χ3v) is 4.14. The van der Waals surface area contributed by atoms with E-state index in [9.17, 15) is 9.90 Å². The summed E-state index contributed by atoms with van der Waals surface area (Å²) in [6, 6.07) is 10.0. The second-order valence-corrected chi connectivity index (χ2v) is 7.12. The molecule has 1 N–H and O–H groups in total. The van der Waals surface area contributed by atoms with Gasteiger partial charge in [-0.15, -0.1) is 0 Å². The monoisotopic (exact) mass is 291 g/mol. The maximum Gasteiger partial charge on any atom is 0.306 e. The lowest BCUT2D eigenvalue weighted by atomic mass is 9.75. The van der Waals surface area contributed by atoms with Crippen molar-refractivity contribution < 1.29 is 14.7 Å². The zero-order chi connectivity index (χ0) is 15.7. The Morgan fingerprint density at radius 1 is 1.19 bits per heavy atom. The normalized spacial score (nSPS) is 22.1. The molecule has 0 atom stereocenters. The van der Waals surface area contributed by atoms with Gasteiger partial charge in [-0.25, -0.2) is 0 Å². The average Bonchev–Trinajstić information content (AvgIpc) is 2.37. The summed E-state index contributed by atoms with van der Waals surface area (Å²) in [6.07, 6.45) is 1.20. The van der Waals surface area contributed by atoms with Crippen LogP contribution in [0.1, 0.15) is 46.1 Å². The van der Waals surface area contributed by atoms with Crippen molar-refractivity contribution in [2.24, 2.45) is 5.92 Å². The lowest BCUT2D eigenvalue weighted by Crippen LogP contribution is -2.61. The van der Waals surface area contributed by atoms with Crippen LogP contribution in [0.4, 0.5) is 0 Å². The lowest BCUT2D eigenvalue weighted by molar-refractivity contribution is -0.294. The van der Waals surface area contributed by atoms with Crippen molar-refractivity contribution in [1.29, 1.82) is 0 Å². The van der Waals surface area contributed by atoms with E-state index in [1.54, 1.807) is 0 Å². The molecule has 116 valence electrons.